The Bertz CT molecular complexity index is 2270. The molecule has 3 N–H and O–H groups in total. The summed E-state index contributed by atoms with van der Waals surface area (Å²) in [6.45, 7) is 5.51. The molecule has 7 rings (SSSR count). The molecule has 4 amide bonds. The Morgan fingerprint density at radius 2 is 1.80 bits per heavy atom. The predicted octanol–water partition coefficient (Wildman–Crippen LogP) is 4.07. The Morgan fingerprint density at radius 1 is 1.05 bits per heavy atom. The van der Waals surface area contributed by atoms with Crippen LogP contribution in [0.3, 0.4) is 0 Å². The van der Waals surface area contributed by atoms with Gasteiger partial charge in [0.15, 0.2) is 0 Å². The smallest absolute Gasteiger partial charge is 0.408 e. The molecule has 1 saturated heterocycles. The van der Waals surface area contributed by atoms with Crippen LogP contribution in [0.25, 0.3) is 22.0 Å². The van der Waals surface area contributed by atoms with Crippen molar-refractivity contribution in [1.29, 1.82) is 0 Å². The van der Waals surface area contributed by atoms with Crippen LogP contribution in [0.15, 0.2) is 60.7 Å². The molecule has 0 bridgehead atoms. The Kier molecular flexibility index (Phi) is 12.0. The SMILES string of the molecule is COc1ccc2c(OC3C[C@H]4C(=O)N[C@]5(C(=O)NS(=O)(=O)C6CC6)C[C@H]5C=CCOCCC[C@H](NC(=O)OC(C)(C)C)C(=O)N4C3)nc(-c3ccc(N(C)C)cc3)cc2c1. The zero-order valence-electron chi connectivity index (χ0n) is 34.9. The van der Waals surface area contributed by atoms with Crippen molar-refractivity contribution in [3.63, 3.8) is 0 Å². The first-order chi connectivity index (χ1) is 28.5. The summed E-state index contributed by atoms with van der Waals surface area (Å²) in [5.41, 5.74) is 0.0556. The average molecular weight is 847 g/mol. The molecule has 0 spiro atoms. The third kappa shape index (κ3) is 9.62. The summed E-state index contributed by atoms with van der Waals surface area (Å²) in [5.74, 6) is -1.67. The van der Waals surface area contributed by atoms with Crippen LogP contribution in [-0.2, 0) is 33.9 Å². The topological polar surface area (TPSA) is 195 Å². The van der Waals surface area contributed by atoms with Gasteiger partial charge in [-0.05, 0) is 94.7 Å². The number of anilines is 1. The molecule has 2 aliphatic carbocycles. The van der Waals surface area contributed by atoms with Crippen molar-refractivity contribution in [2.24, 2.45) is 5.92 Å². The number of carbonyl (C=O) groups excluding carboxylic acids is 4. The Hall–Kier alpha value is -5.42. The van der Waals surface area contributed by atoms with Crippen molar-refractivity contribution < 1.29 is 46.5 Å². The van der Waals surface area contributed by atoms with E-state index in [0.29, 0.717) is 36.1 Å². The van der Waals surface area contributed by atoms with E-state index in [-0.39, 0.29) is 44.9 Å². The van der Waals surface area contributed by atoms with Crippen LogP contribution in [0.2, 0.25) is 0 Å². The second-order valence-electron chi connectivity index (χ2n) is 17.1. The van der Waals surface area contributed by atoms with Gasteiger partial charge in [0, 0.05) is 49.7 Å². The number of nitrogens with zero attached hydrogens (tertiary/aromatic N) is 3. The maximum atomic E-state index is 14.7. The second kappa shape index (κ2) is 16.9. The van der Waals surface area contributed by atoms with Gasteiger partial charge >= 0.3 is 6.09 Å². The van der Waals surface area contributed by atoms with Crippen LogP contribution in [0, 0.1) is 5.92 Å². The van der Waals surface area contributed by atoms with Gasteiger partial charge in [-0.15, -0.1) is 0 Å². The molecule has 60 heavy (non-hydrogen) atoms. The summed E-state index contributed by atoms with van der Waals surface area (Å²) < 4.78 is 51.5. The lowest BCUT2D eigenvalue weighted by Gasteiger charge is -2.30. The van der Waals surface area contributed by atoms with Gasteiger partial charge < -0.3 is 39.4 Å². The van der Waals surface area contributed by atoms with Gasteiger partial charge in [0.1, 0.15) is 35.1 Å². The summed E-state index contributed by atoms with van der Waals surface area (Å²) in [7, 11) is 1.56. The third-order valence-electron chi connectivity index (χ3n) is 11.1. The van der Waals surface area contributed by atoms with Crippen molar-refractivity contribution in [1.82, 2.24) is 25.2 Å². The highest BCUT2D eigenvalue weighted by atomic mass is 32.2. The van der Waals surface area contributed by atoms with Gasteiger partial charge in [0.2, 0.25) is 27.7 Å². The normalized spacial score (nSPS) is 24.9. The minimum Gasteiger partial charge on any atom is -0.497 e. The molecule has 16 nitrogen and oxygen atoms in total. The molecule has 1 unspecified atom stereocenters. The maximum Gasteiger partial charge on any atom is 0.408 e. The lowest BCUT2D eigenvalue weighted by atomic mass is 10.1. The van der Waals surface area contributed by atoms with E-state index in [9.17, 15) is 27.6 Å². The Labute approximate surface area is 350 Å². The van der Waals surface area contributed by atoms with Gasteiger partial charge in [0.25, 0.3) is 5.91 Å². The first kappa shape index (κ1) is 42.7. The number of hydrogen-bond donors (Lipinski definition) is 3. The number of aromatic nitrogens is 1. The Balaban J connectivity index is 1.23. The van der Waals surface area contributed by atoms with Crippen LogP contribution in [0.4, 0.5) is 10.5 Å². The van der Waals surface area contributed by atoms with E-state index in [0.717, 1.165) is 16.6 Å². The molecule has 0 radical (unpaired) electrons. The largest absolute Gasteiger partial charge is 0.497 e. The average Bonchev–Trinajstić information content (AvgIpc) is 4.12. The number of hydrogen-bond acceptors (Lipinski definition) is 12. The molecule has 2 aliphatic heterocycles. The van der Waals surface area contributed by atoms with Crippen molar-refractivity contribution in [3.05, 3.63) is 60.7 Å². The number of sulfonamides is 1. The molecule has 3 fully saturated rings. The number of alkyl carbamates (subject to hydrolysis) is 1. The van der Waals surface area contributed by atoms with Crippen LogP contribution < -0.4 is 29.7 Å². The van der Waals surface area contributed by atoms with E-state index < -0.39 is 74.3 Å². The van der Waals surface area contributed by atoms with Gasteiger partial charge in [-0.25, -0.2) is 18.2 Å². The number of pyridine rings is 1. The Morgan fingerprint density at radius 3 is 2.48 bits per heavy atom. The highest BCUT2D eigenvalue weighted by Gasteiger charge is 2.62. The molecule has 17 heteroatoms. The number of ether oxygens (including phenoxy) is 4. The third-order valence-corrected chi connectivity index (χ3v) is 12.9. The molecule has 2 saturated carbocycles. The van der Waals surface area contributed by atoms with E-state index in [4.69, 9.17) is 23.9 Å². The van der Waals surface area contributed by atoms with Crippen molar-refractivity contribution in [2.45, 2.75) is 93.9 Å². The number of amides is 4. The fourth-order valence-electron chi connectivity index (χ4n) is 7.67. The van der Waals surface area contributed by atoms with Crippen LogP contribution in [-0.4, -0.2) is 118 Å². The summed E-state index contributed by atoms with van der Waals surface area (Å²) in [6.07, 6.45) is 3.51. The quantitative estimate of drug-likeness (QED) is 0.262. The van der Waals surface area contributed by atoms with Gasteiger partial charge in [-0.1, -0.05) is 24.3 Å². The minimum absolute atomic E-state index is 0.000489. The lowest BCUT2D eigenvalue weighted by Crippen LogP contribution is -2.58. The predicted molar refractivity (Wildman–Crippen MR) is 224 cm³/mol. The molecular formula is C43H54N6O10S. The molecule has 2 aromatic carbocycles. The highest BCUT2D eigenvalue weighted by Crippen LogP contribution is 2.46. The molecule has 4 aliphatic rings. The first-order valence-corrected chi connectivity index (χ1v) is 21.9. The summed E-state index contributed by atoms with van der Waals surface area (Å²) >= 11 is 0. The molecule has 5 atom stereocenters. The van der Waals surface area contributed by atoms with E-state index >= 15 is 0 Å². The molecule has 1 aromatic heterocycles. The standard InChI is InChI=1S/C43H54N6O10S/c1-42(2,3)59-41(53)45-34-10-8-20-57-19-7-9-28-24-43(28,40(52)47-60(54,55)32-16-17-32)46-37(50)36-23-31(25-49(36)39(34)51)58-38-33-18-15-30(56-6)21-27(33)22-35(44-38)26-11-13-29(14-12-26)48(4)5/h7,9,11-15,18,21-22,28,31-32,34,36H,8,10,16-17,19-20,23-25H2,1-6H3,(H,45,53)(H,46,50)(H,47,52)/t28-,31?,34+,36+,43-/m1/s1. The van der Waals surface area contributed by atoms with E-state index in [1.165, 1.54) is 4.90 Å². The number of carbonyl (C=O) groups is 4. The van der Waals surface area contributed by atoms with Crippen LogP contribution >= 0.6 is 0 Å². The maximum absolute atomic E-state index is 14.7. The number of methoxy groups -OCH3 is 1. The molecular weight excluding hydrogens is 793 g/mol. The number of benzene rings is 2. The summed E-state index contributed by atoms with van der Waals surface area (Å²) in [6, 6.07) is 13.1. The number of fused-ring (bicyclic) bond motifs is 3. The zero-order valence-corrected chi connectivity index (χ0v) is 35.7. The monoisotopic (exact) mass is 846 g/mol. The summed E-state index contributed by atoms with van der Waals surface area (Å²) in [4.78, 5) is 64.4. The van der Waals surface area contributed by atoms with Crippen molar-refractivity contribution in [3.8, 4) is 22.9 Å². The van der Waals surface area contributed by atoms with Crippen LogP contribution in [0.5, 0.6) is 11.6 Å². The van der Waals surface area contributed by atoms with Crippen molar-refractivity contribution >= 4 is 50.3 Å². The minimum atomic E-state index is -3.94. The van der Waals surface area contributed by atoms with E-state index in [1.807, 2.05) is 61.5 Å². The highest BCUT2D eigenvalue weighted by molar-refractivity contribution is 7.91. The van der Waals surface area contributed by atoms with Crippen molar-refractivity contribution in [2.75, 3.05) is 45.9 Å². The van der Waals surface area contributed by atoms with Gasteiger partial charge in [-0.2, -0.15) is 0 Å². The fraction of sp³-hybridized carbons (Fsp3) is 0.512. The van der Waals surface area contributed by atoms with Gasteiger partial charge in [0.05, 0.1) is 31.2 Å². The zero-order chi connectivity index (χ0) is 43.0. The molecule has 322 valence electrons. The lowest BCUT2D eigenvalue weighted by molar-refractivity contribution is -0.141. The second-order valence-corrected chi connectivity index (χ2v) is 19.1. The number of rotatable bonds is 9. The number of nitrogens with one attached hydrogen (secondary N) is 3. The summed E-state index contributed by atoms with van der Waals surface area (Å²) in [5, 5.41) is 6.39. The fourth-order valence-corrected chi connectivity index (χ4v) is 9.03. The molecule has 3 heterocycles. The first-order valence-electron chi connectivity index (χ1n) is 20.3. The van der Waals surface area contributed by atoms with Crippen LogP contribution in [0.1, 0.15) is 59.3 Å². The van der Waals surface area contributed by atoms with Gasteiger partial charge in [-0.3, -0.25) is 19.1 Å². The van der Waals surface area contributed by atoms with E-state index in [2.05, 4.69) is 15.4 Å². The molecule has 3 aromatic rings. The van der Waals surface area contributed by atoms with E-state index in [1.54, 1.807) is 46.1 Å².